The first-order valence-corrected chi connectivity index (χ1v) is 10.4. The van der Waals surface area contributed by atoms with Crippen LogP contribution in [0.1, 0.15) is 26.3 Å². The zero-order chi connectivity index (χ0) is 23.7. The average Bonchev–Trinajstić information content (AvgIpc) is 2.76. The fourth-order valence-electron chi connectivity index (χ4n) is 2.80. The Balaban J connectivity index is 2.12. The van der Waals surface area contributed by atoms with Gasteiger partial charge in [0.1, 0.15) is 6.17 Å². The molecule has 1 aliphatic rings. The molecule has 0 spiro atoms. The first kappa shape index (κ1) is 25.1. The van der Waals surface area contributed by atoms with Gasteiger partial charge in [-0.3, -0.25) is 9.79 Å². The van der Waals surface area contributed by atoms with Crippen molar-refractivity contribution in [3.63, 3.8) is 0 Å². The molecule has 1 aromatic carbocycles. The smallest absolute Gasteiger partial charge is 0.245 e. The number of rotatable bonds is 7. The molecule has 172 valence electrons. The molecular weight excluding hydrogens is 428 g/mol. The van der Waals surface area contributed by atoms with Gasteiger partial charge in [0.25, 0.3) is 0 Å². The summed E-state index contributed by atoms with van der Waals surface area (Å²) in [6.45, 7) is 6.46. The van der Waals surface area contributed by atoms with Crippen LogP contribution in [0, 0.1) is 5.41 Å². The maximum absolute atomic E-state index is 12.6. The zero-order valence-electron chi connectivity index (χ0n) is 19.3. The van der Waals surface area contributed by atoms with E-state index < -0.39 is 6.17 Å². The van der Waals surface area contributed by atoms with Crippen LogP contribution in [0.3, 0.4) is 0 Å². The molecule has 1 heterocycles. The Bertz CT molecular complexity index is 936. The Morgan fingerprint density at radius 1 is 1.16 bits per heavy atom. The Kier molecular flexibility index (Phi) is 8.95. The monoisotopic (exact) mass is 458 g/mol. The number of nitrogens with zero attached hydrogens (tertiary/aromatic N) is 2. The number of methoxy groups -OCH3 is 3. The fraction of sp³-hybridized carbons (Fsp3) is 0.391. The molecule has 0 aromatic heterocycles. The molecule has 2 N–H and O–H groups in total. The van der Waals surface area contributed by atoms with Crippen molar-refractivity contribution in [2.75, 3.05) is 27.9 Å². The van der Waals surface area contributed by atoms with Crippen LogP contribution >= 0.6 is 12.2 Å². The maximum Gasteiger partial charge on any atom is 0.245 e. The van der Waals surface area contributed by atoms with E-state index in [-0.39, 0.29) is 16.4 Å². The van der Waals surface area contributed by atoms with Gasteiger partial charge in [-0.25, -0.2) is 4.99 Å². The second-order valence-corrected chi connectivity index (χ2v) is 8.39. The normalized spacial score (nSPS) is 15.5. The minimum atomic E-state index is -0.437. The molecule has 1 atom stereocenters. The molecule has 1 aromatic rings. The summed E-state index contributed by atoms with van der Waals surface area (Å²) in [5.74, 6) is 1.21. The van der Waals surface area contributed by atoms with E-state index in [9.17, 15) is 4.79 Å². The first-order valence-electron chi connectivity index (χ1n) is 10.0. The van der Waals surface area contributed by atoms with Crippen molar-refractivity contribution in [1.29, 1.82) is 0 Å². The standard InChI is InChI=1S/C23H30N4O4S/c1-23(2,3)21(27-22(32)25-16-8-7-11-24-14-16)26-19(28)10-9-15-12-17(29-4)20(31-6)18(13-15)30-5/h7-13,21H,14H2,1-6H3,(H,26,28)(H,27,32)/b10-9+,25-16?. The molecular formula is C23H30N4O4S. The Labute approximate surface area is 194 Å². The lowest BCUT2D eigenvalue weighted by Crippen LogP contribution is -2.54. The van der Waals surface area contributed by atoms with Crippen LogP contribution in [-0.4, -0.2) is 57.0 Å². The maximum atomic E-state index is 12.6. The average molecular weight is 459 g/mol. The molecule has 0 radical (unpaired) electrons. The van der Waals surface area contributed by atoms with E-state index in [1.54, 1.807) is 38.6 Å². The van der Waals surface area contributed by atoms with E-state index >= 15 is 0 Å². The predicted molar refractivity (Wildman–Crippen MR) is 132 cm³/mol. The van der Waals surface area contributed by atoms with E-state index in [0.29, 0.717) is 23.8 Å². The van der Waals surface area contributed by atoms with Gasteiger partial charge in [-0.2, -0.15) is 0 Å². The molecule has 1 aliphatic heterocycles. The number of dihydropyridines is 1. The van der Waals surface area contributed by atoms with Gasteiger partial charge < -0.3 is 24.8 Å². The number of hydrogen-bond donors (Lipinski definition) is 2. The van der Waals surface area contributed by atoms with Crippen LogP contribution in [0.25, 0.3) is 6.08 Å². The van der Waals surface area contributed by atoms with Gasteiger partial charge in [0.05, 0.1) is 33.6 Å². The summed E-state index contributed by atoms with van der Waals surface area (Å²) >= 11 is 5.36. The van der Waals surface area contributed by atoms with Gasteiger partial charge in [0, 0.05) is 17.7 Å². The predicted octanol–water partition coefficient (Wildman–Crippen LogP) is 3.17. The highest BCUT2D eigenvalue weighted by Crippen LogP contribution is 2.38. The van der Waals surface area contributed by atoms with Crippen LogP contribution in [0.15, 0.2) is 40.3 Å². The third kappa shape index (κ3) is 7.19. The molecule has 2 rings (SSSR count). The van der Waals surface area contributed by atoms with Crippen molar-refractivity contribution in [3.8, 4) is 17.2 Å². The largest absolute Gasteiger partial charge is 0.493 e. The minimum absolute atomic E-state index is 0.288. The van der Waals surface area contributed by atoms with Crippen molar-refractivity contribution >= 4 is 41.2 Å². The van der Waals surface area contributed by atoms with Crippen LogP contribution in [0.5, 0.6) is 17.2 Å². The van der Waals surface area contributed by atoms with Crippen molar-refractivity contribution < 1.29 is 19.0 Å². The van der Waals surface area contributed by atoms with Gasteiger partial charge in [0.2, 0.25) is 11.7 Å². The first-order chi connectivity index (χ1) is 15.2. The summed E-state index contributed by atoms with van der Waals surface area (Å²) in [6, 6.07) is 3.52. The molecule has 1 unspecified atom stereocenters. The van der Waals surface area contributed by atoms with Crippen molar-refractivity contribution in [2.24, 2.45) is 15.4 Å². The SMILES string of the molecule is COc1cc(/C=C/C(=O)NC(NC(=S)N=C2C=CC=NC2)C(C)(C)C)cc(OC)c1OC. The van der Waals surface area contributed by atoms with Crippen molar-refractivity contribution in [1.82, 2.24) is 10.6 Å². The summed E-state index contributed by atoms with van der Waals surface area (Å²) in [4.78, 5) is 21.2. The Morgan fingerprint density at radius 3 is 2.31 bits per heavy atom. The number of thiocarbonyl (C=S) groups is 1. The lowest BCUT2D eigenvalue weighted by atomic mass is 9.92. The summed E-state index contributed by atoms with van der Waals surface area (Å²) in [6.07, 6.45) is 8.05. The summed E-state index contributed by atoms with van der Waals surface area (Å²) in [5, 5.41) is 6.35. The number of ether oxygens (including phenoxy) is 3. The Morgan fingerprint density at radius 2 is 1.81 bits per heavy atom. The number of aliphatic imine (C=N–C) groups is 2. The molecule has 0 fully saturated rings. The number of nitrogens with one attached hydrogen (secondary N) is 2. The third-order valence-corrected chi connectivity index (χ3v) is 4.72. The third-order valence-electron chi connectivity index (χ3n) is 4.51. The van der Waals surface area contributed by atoms with Gasteiger partial charge in [-0.05, 0) is 48.1 Å². The van der Waals surface area contributed by atoms with E-state index in [0.717, 1.165) is 11.3 Å². The molecule has 1 amide bonds. The van der Waals surface area contributed by atoms with Gasteiger partial charge >= 0.3 is 0 Å². The van der Waals surface area contributed by atoms with Gasteiger partial charge in [0.15, 0.2) is 16.6 Å². The summed E-state index contributed by atoms with van der Waals surface area (Å²) in [5.41, 5.74) is 1.16. The quantitative estimate of drug-likeness (QED) is 0.370. The van der Waals surface area contributed by atoms with Crippen molar-refractivity contribution in [3.05, 3.63) is 35.9 Å². The van der Waals surface area contributed by atoms with E-state index in [4.69, 9.17) is 26.4 Å². The van der Waals surface area contributed by atoms with Crippen LogP contribution < -0.4 is 24.8 Å². The molecule has 0 saturated carbocycles. The summed E-state index contributed by atoms with van der Waals surface area (Å²) in [7, 11) is 4.62. The van der Waals surface area contributed by atoms with E-state index in [2.05, 4.69) is 20.6 Å². The summed E-state index contributed by atoms with van der Waals surface area (Å²) < 4.78 is 16.0. The molecule has 0 aliphatic carbocycles. The number of allylic oxidation sites excluding steroid dienone is 1. The Hall–Kier alpha value is -3.20. The lowest BCUT2D eigenvalue weighted by Gasteiger charge is -2.32. The molecule has 8 nitrogen and oxygen atoms in total. The molecule has 32 heavy (non-hydrogen) atoms. The van der Waals surface area contributed by atoms with Crippen LogP contribution in [-0.2, 0) is 4.79 Å². The van der Waals surface area contributed by atoms with Crippen molar-refractivity contribution in [2.45, 2.75) is 26.9 Å². The molecule has 0 bridgehead atoms. The highest BCUT2D eigenvalue weighted by Gasteiger charge is 2.26. The second kappa shape index (κ2) is 11.4. The van der Waals surface area contributed by atoms with Gasteiger partial charge in [-0.1, -0.05) is 20.8 Å². The van der Waals surface area contributed by atoms with E-state index in [1.807, 2.05) is 32.9 Å². The highest BCUT2D eigenvalue weighted by molar-refractivity contribution is 7.80. The number of hydrogen-bond acceptors (Lipinski definition) is 6. The molecule has 9 heteroatoms. The number of benzene rings is 1. The number of amides is 1. The van der Waals surface area contributed by atoms with Crippen LogP contribution in [0.4, 0.5) is 0 Å². The fourth-order valence-corrected chi connectivity index (χ4v) is 3.04. The van der Waals surface area contributed by atoms with Gasteiger partial charge in [-0.15, -0.1) is 0 Å². The van der Waals surface area contributed by atoms with Crippen LogP contribution in [0.2, 0.25) is 0 Å². The van der Waals surface area contributed by atoms with E-state index in [1.165, 1.54) is 13.2 Å². The highest BCUT2D eigenvalue weighted by atomic mass is 32.1. The second-order valence-electron chi connectivity index (χ2n) is 8.00. The zero-order valence-corrected chi connectivity index (χ0v) is 20.1. The lowest BCUT2D eigenvalue weighted by molar-refractivity contribution is -0.118. The number of carbonyl (C=O) groups is 1. The number of carbonyl (C=O) groups excluding carboxylic acids is 1. The topological polar surface area (TPSA) is 93.5 Å². The minimum Gasteiger partial charge on any atom is -0.493 e. The molecule has 0 saturated heterocycles.